The molecule has 0 spiro atoms. The third-order valence-electron chi connectivity index (χ3n) is 4.29. The van der Waals surface area contributed by atoms with Crippen LogP contribution in [0.1, 0.15) is 21.5 Å². The number of aromatic nitrogens is 1. The van der Waals surface area contributed by atoms with Gasteiger partial charge in [-0.15, -0.1) is 0 Å². The lowest BCUT2D eigenvalue weighted by Crippen LogP contribution is -2.15. The topological polar surface area (TPSA) is 92.5 Å². The Labute approximate surface area is 130 Å². The van der Waals surface area contributed by atoms with Crippen molar-refractivity contribution < 1.29 is 19.1 Å². The number of carboxylic acid groups (broad SMARTS) is 1. The Bertz CT molecular complexity index is 1010. The zero-order chi connectivity index (χ0) is 16.1. The van der Waals surface area contributed by atoms with Crippen LogP contribution in [-0.2, 0) is 12.8 Å². The van der Waals surface area contributed by atoms with E-state index >= 15 is 0 Å². The SMILES string of the molecule is COc1ccc2c(c1)CCc1c-2[nH]c(=O)c2c(C(=O)O)coc12. The molecule has 1 aromatic carbocycles. The zero-order valence-electron chi connectivity index (χ0n) is 12.3. The number of carbonyl (C=O) groups is 1. The summed E-state index contributed by atoms with van der Waals surface area (Å²) in [6, 6.07) is 5.68. The molecule has 0 amide bonds. The number of pyridine rings is 1. The maximum atomic E-state index is 12.4. The van der Waals surface area contributed by atoms with Crippen LogP contribution in [0.3, 0.4) is 0 Å². The summed E-state index contributed by atoms with van der Waals surface area (Å²) in [5.41, 5.74) is 3.33. The molecule has 0 saturated heterocycles. The Kier molecular flexibility index (Phi) is 2.81. The second-order valence-corrected chi connectivity index (χ2v) is 5.49. The Morgan fingerprint density at radius 2 is 2.17 bits per heavy atom. The molecule has 1 aliphatic carbocycles. The number of H-pyrrole nitrogens is 1. The number of hydrogen-bond donors (Lipinski definition) is 2. The maximum absolute atomic E-state index is 12.4. The Morgan fingerprint density at radius 3 is 2.91 bits per heavy atom. The van der Waals surface area contributed by atoms with Gasteiger partial charge in [0.05, 0.1) is 12.8 Å². The van der Waals surface area contributed by atoms with E-state index in [4.69, 9.17) is 9.15 Å². The van der Waals surface area contributed by atoms with Gasteiger partial charge in [0, 0.05) is 11.1 Å². The fourth-order valence-corrected chi connectivity index (χ4v) is 3.20. The minimum absolute atomic E-state index is 0.105. The smallest absolute Gasteiger partial charge is 0.339 e. The Balaban J connectivity index is 2.03. The molecular weight excluding hydrogens is 298 g/mol. The highest BCUT2D eigenvalue weighted by molar-refractivity contribution is 6.03. The minimum atomic E-state index is -1.17. The molecule has 6 heteroatoms. The lowest BCUT2D eigenvalue weighted by atomic mass is 9.88. The molecule has 0 aliphatic heterocycles. The van der Waals surface area contributed by atoms with Crippen LogP contribution in [-0.4, -0.2) is 23.2 Å². The number of aromatic carboxylic acids is 1. The summed E-state index contributed by atoms with van der Waals surface area (Å²) in [5.74, 6) is -0.406. The number of benzene rings is 1. The van der Waals surface area contributed by atoms with Gasteiger partial charge in [-0.1, -0.05) is 0 Å². The average molecular weight is 311 g/mol. The van der Waals surface area contributed by atoms with Gasteiger partial charge in [-0.05, 0) is 36.6 Å². The van der Waals surface area contributed by atoms with Gasteiger partial charge in [0.2, 0.25) is 0 Å². The molecule has 3 aromatic rings. The number of aromatic amines is 1. The van der Waals surface area contributed by atoms with Crippen molar-refractivity contribution in [2.75, 3.05) is 7.11 Å². The minimum Gasteiger partial charge on any atom is -0.497 e. The van der Waals surface area contributed by atoms with Crippen LogP contribution in [0.5, 0.6) is 5.75 Å². The van der Waals surface area contributed by atoms with Crippen molar-refractivity contribution in [1.82, 2.24) is 4.98 Å². The quantitative estimate of drug-likeness (QED) is 0.759. The van der Waals surface area contributed by atoms with E-state index in [0.717, 1.165) is 35.1 Å². The monoisotopic (exact) mass is 311 g/mol. The van der Waals surface area contributed by atoms with Crippen LogP contribution in [0.4, 0.5) is 0 Å². The third-order valence-corrected chi connectivity index (χ3v) is 4.29. The summed E-state index contributed by atoms with van der Waals surface area (Å²) >= 11 is 0. The molecule has 2 N–H and O–H groups in total. The first-order valence-electron chi connectivity index (χ1n) is 7.17. The van der Waals surface area contributed by atoms with E-state index in [-0.39, 0.29) is 10.9 Å². The molecule has 116 valence electrons. The summed E-state index contributed by atoms with van der Waals surface area (Å²) in [6.45, 7) is 0. The number of rotatable bonds is 2. The van der Waals surface area contributed by atoms with Gasteiger partial charge in [-0.3, -0.25) is 4.79 Å². The van der Waals surface area contributed by atoms with Gasteiger partial charge in [0.1, 0.15) is 28.5 Å². The summed E-state index contributed by atoms with van der Waals surface area (Å²) in [4.78, 5) is 26.4. The van der Waals surface area contributed by atoms with Crippen molar-refractivity contribution in [2.45, 2.75) is 12.8 Å². The van der Waals surface area contributed by atoms with Gasteiger partial charge in [-0.2, -0.15) is 0 Å². The number of carboxylic acids is 1. The van der Waals surface area contributed by atoms with Crippen molar-refractivity contribution in [2.24, 2.45) is 0 Å². The maximum Gasteiger partial charge on any atom is 0.339 e. The van der Waals surface area contributed by atoms with Crippen LogP contribution in [0.2, 0.25) is 0 Å². The van der Waals surface area contributed by atoms with Crippen LogP contribution in [0.15, 0.2) is 33.7 Å². The Hall–Kier alpha value is -3.02. The number of fused-ring (bicyclic) bond motifs is 5. The second-order valence-electron chi connectivity index (χ2n) is 5.49. The Morgan fingerprint density at radius 1 is 1.35 bits per heavy atom. The highest BCUT2D eigenvalue weighted by atomic mass is 16.5. The molecule has 0 bridgehead atoms. The molecule has 0 atom stereocenters. The normalized spacial score (nSPS) is 12.7. The van der Waals surface area contributed by atoms with Crippen LogP contribution < -0.4 is 10.3 Å². The largest absolute Gasteiger partial charge is 0.497 e. The molecule has 1 aliphatic rings. The zero-order valence-corrected chi connectivity index (χ0v) is 12.3. The summed E-state index contributed by atoms with van der Waals surface area (Å²) in [6.07, 6.45) is 2.56. The predicted octanol–water partition coefficient (Wildman–Crippen LogP) is 2.59. The van der Waals surface area contributed by atoms with Crippen molar-refractivity contribution in [3.05, 3.63) is 51.5 Å². The predicted molar refractivity (Wildman–Crippen MR) is 83.2 cm³/mol. The van der Waals surface area contributed by atoms with Crippen LogP contribution >= 0.6 is 0 Å². The number of nitrogens with one attached hydrogen (secondary N) is 1. The summed E-state index contributed by atoms with van der Waals surface area (Å²) in [5, 5.41) is 9.29. The molecule has 2 aromatic heterocycles. The van der Waals surface area contributed by atoms with E-state index in [2.05, 4.69) is 4.98 Å². The first-order valence-corrected chi connectivity index (χ1v) is 7.17. The van der Waals surface area contributed by atoms with E-state index < -0.39 is 11.5 Å². The van der Waals surface area contributed by atoms with Gasteiger partial charge in [-0.25, -0.2) is 4.79 Å². The fourth-order valence-electron chi connectivity index (χ4n) is 3.20. The van der Waals surface area contributed by atoms with Gasteiger partial charge in [0.15, 0.2) is 0 Å². The molecule has 0 saturated carbocycles. The fraction of sp³-hybridized carbons (Fsp3) is 0.176. The van der Waals surface area contributed by atoms with Gasteiger partial charge >= 0.3 is 5.97 Å². The number of furan rings is 1. The van der Waals surface area contributed by atoms with Crippen LogP contribution in [0.25, 0.3) is 22.2 Å². The molecule has 0 unspecified atom stereocenters. The molecule has 4 rings (SSSR count). The van der Waals surface area contributed by atoms with Gasteiger partial charge < -0.3 is 19.2 Å². The number of hydrogen-bond acceptors (Lipinski definition) is 4. The molecule has 2 heterocycles. The van der Waals surface area contributed by atoms with E-state index in [0.29, 0.717) is 17.7 Å². The van der Waals surface area contributed by atoms with Crippen molar-refractivity contribution in [3.63, 3.8) is 0 Å². The molecule has 23 heavy (non-hydrogen) atoms. The number of aryl methyl sites for hydroxylation is 2. The van der Waals surface area contributed by atoms with Crippen LogP contribution in [0, 0.1) is 0 Å². The first kappa shape index (κ1) is 13.6. The lowest BCUT2D eigenvalue weighted by molar-refractivity contribution is 0.0698. The van der Waals surface area contributed by atoms with Gasteiger partial charge in [0.25, 0.3) is 5.56 Å². The average Bonchev–Trinajstić information content (AvgIpc) is 3.00. The highest BCUT2D eigenvalue weighted by Crippen LogP contribution is 2.37. The molecule has 0 fully saturated rings. The van der Waals surface area contributed by atoms with E-state index in [1.165, 1.54) is 0 Å². The summed E-state index contributed by atoms with van der Waals surface area (Å²) < 4.78 is 10.7. The molecule has 6 nitrogen and oxygen atoms in total. The first-order chi connectivity index (χ1) is 11.1. The van der Waals surface area contributed by atoms with E-state index in [9.17, 15) is 14.7 Å². The number of methoxy groups -OCH3 is 1. The summed E-state index contributed by atoms with van der Waals surface area (Å²) in [7, 11) is 1.61. The number of ether oxygens (including phenoxy) is 1. The van der Waals surface area contributed by atoms with E-state index in [1.807, 2.05) is 18.2 Å². The standard InChI is InChI=1S/C17H13NO5/c1-22-9-3-5-10-8(6-9)2-4-11-14(10)18-16(19)13-12(17(20)21)7-23-15(11)13/h3,5-7H,2,4H2,1H3,(H,18,19)(H,20,21). The van der Waals surface area contributed by atoms with E-state index in [1.54, 1.807) is 7.11 Å². The molecular formula is C17H13NO5. The third kappa shape index (κ3) is 1.88. The second kappa shape index (κ2) is 4.74. The van der Waals surface area contributed by atoms with Crippen molar-refractivity contribution in [1.29, 1.82) is 0 Å². The van der Waals surface area contributed by atoms with Crippen molar-refractivity contribution >= 4 is 16.9 Å². The van der Waals surface area contributed by atoms with Crippen molar-refractivity contribution in [3.8, 4) is 17.0 Å². The lowest BCUT2D eigenvalue weighted by Gasteiger charge is -2.20. The molecule has 0 radical (unpaired) electrons. The highest BCUT2D eigenvalue weighted by Gasteiger charge is 2.25.